The molecule has 0 aliphatic heterocycles. The van der Waals surface area contributed by atoms with Crippen LogP contribution in [0.4, 0.5) is 0 Å². The molecule has 7 aromatic carbocycles. The fourth-order valence-electron chi connectivity index (χ4n) is 7.86. The number of fused-ring (bicyclic) bond motifs is 10. The summed E-state index contributed by atoms with van der Waals surface area (Å²) in [4.78, 5) is 10.4. The highest BCUT2D eigenvalue weighted by atomic mass is 32.1. The Morgan fingerprint density at radius 1 is 0.412 bits per heavy atom. The Morgan fingerprint density at radius 2 is 1.02 bits per heavy atom. The number of hydrogen-bond donors (Lipinski definition) is 0. The highest BCUT2D eigenvalue weighted by Gasteiger charge is 2.21. The quantitative estimate of drug-likeness (QED) is 0.187. The molecule has 0 unspecified atom stereocenters. The third-order valence-electron chi connectivity index (χ3n) is 10.1. The van der Waals surface area contributed by atoms with Gasteiger partial charge in [-0.05, 0) is 36.4 Å². The van der Waals surface area contributed by atoms with Gasteiger partial charge in [-0.25, -0.2) is 9.97 Å². The number of hydrogen-bond acceptors (Lipinski definition) is 3. The minimum absolute atomic E-state index is 0.706. The SMILES string of the molecule is c1ccc(-c2cc(-n3c4ccccc4c4ccc5c6cc7c8ccccc8n(-c8ccccc8)c7cc6sc5c43)nc(-c3ccccc3)n2)cc1. The van der Waals surface area contributed by atoms with Gasteiger partial charge < -0.3 is 4.57 Å². The van der Waals surface area contributed by atoms with Crippen molar-refractivity contribution < 1.29 is 0 Å². The molecule has 0 amide bonds. The predicted molar refractivity (Wildman–Crippen MR) is 214 cm³/mol. The van der Waals surface area contributed by atoms with Crippen LogP contribution in [0.25, 0.3) is 97.9 Å². The largest absolute Gasteiger partial charge is 0.309 e. The summed E-state index contributed by atoms with van der Waals surface area (Å²) >= 11 is 1.87. The van der Waals surface area contributed by atoms with E-state index in [4.69, 9.17) is 9.97 Å². The molecule has 4 heterocycles. The van der Waals surface area contributed by atoms with Gasteiger partial charge in [-0.1, -0.05) is 127 Å². The van der Waals surface area contributed by atoms with E-state index in [0.717, 1.165) is 28.2 Å². The molecule has 11 aromatic rings. The molecule has 0 aliphatic rings. The molecule has 4 nitrogen and oxygen atoms in total. The maximum Gasteiger partial charge on any atom is 0.162 e. The molecule has 0 spiro atoms. The zero-order chi connectivity index (χ0) is 33.5. The van der Waals surface area contributed by atoms with E-state index in [2.05, 4.69) is 155 Å². The molecule has 0 bridgehead atoms. The van der Waals surface area contributed by atoms with E-state index in [1.165, 1.54) is 64.0 Å². The smallest absolute Gasteiger partial charge is 0.162 e. The Morgan fingerprint density at radius 3 is 1.76 bits per heavy atom. The van der Waals surface area contributed by atoms with Crippen molar-refractivity contribution >= 4 is 75.1 Å². The predicted octanol–water partition coefficient (Wildman–Crippen LogP) is 12.4. The van der Waals surface area contributed by atoms with Gasteiger partial charge in [-0.15, -0.1) is 11.3 Å². The maximum atomic E-state index is 5.30. The van der Waals surface area contributed by atoms with Gasteiger partial charge in [0.15, 0.2) is 5.82 Å². The molecular formula is C46H28N4S. The van der Waals surface area contributed by atoms with Crippen molar-refractivity contribution in [3.8, 4) is 34.2 Å². The molecule has 0 fully saturated rings. The van der Waals surface area contributed by atoms with E-state index < -0.39 is 0 Å². The molecular weight excluding hydrogens is 641 g/mol. The zero-order valence-corrected chi connectivity index (χ0v) is 28.2. The summed E-state index contributed by atoms with van der Waals surface area (Å²) in [6.45, 7) is 0. The highest BCUT2D eigenvalue weighted by molar-refractivity contribution is 7.26. The van der Waals surface area contributed by atoms with E-state index in [9.17, 15) is 0 Å². The minimum Gasteiger partial charge on any atom is -0.309 e. The van der Waals surface area contributed by atoms with Crippen LogP contribution in [0.15, 0.2) is 170 Å². The normalized spacial score (nSPS) is 11.9. The monoisotopic (exact) mass is 668 g/mol. The van der Waals surface area contributed by atoms with Crippen LogP contribution in [-0.2, 0) is 0 Å². The minimum atomic E-state index is 0.706. The summed E-state index contributed by atoms with van der Waals surface area (Å²) in [6.07, 6.45) is 0. The lowest BCUT2D eigenvalue weighted by Gasteiger charge is -2.12. The summed E-state index contributed by atoms with van der Waals surface area (Å²) in [5.74, 6) is 1.56. The van der Waals surface area contributed by atoms with Gasteiger partial charge >= 0.3 is 0 Å². The Bertz CT molecular complexity index is 3060. The third kappa shape index (κ3) is 4.25. The van der Waals surface area contributed by atoms with Crippen LogP contribution in [0.2, 0.25) is 0 Å². The van der Waals surface area contributed by atoms with Gasteiger partial charge in [0, 0.05) is 59.9 Å². The molecule has 0 saturated heterocycles. The third-order valence-corrected chi connectivity index (χ3v) is 11.3. The molecule has 5 heteroatoms. The number of thiophene rings is 1. The van der Waals surface area contributed by atoms with Gasteiger partial charge in [0.1, 0.15) is 5.82 Å². The van der Waals surface area contributed by atoms with Gasteiger partial charge in [-0.3, -0.25) is 4.57 Å². The van der Waals surface area contributed by atoms with Crippen molar-refractivity contribution in [2.24, 2.45) is 0 Å². The lowest BCUT2D eigenvalue weighted by molar-refractivity contribution is 1.05. The van der Waals surface area contributed by atoms with E-state index in [-0.39, 0.29) is 0 Å². The van der Waals surface area contributed by atoms with E-state index in [1.54, 1.807) is 0 Å². The molecule has 0 N–H and O–H groups in total. The Labute approximate surface area is 297 Å². The van der Waals surface area contributed by atoms with Gasteiger partial charge in [0.2, 0.25) is 0 Å². The lowest BCUT2D eigenvalue weighted by Crippen LogP contribution is -2.02. The Hall–Kier alpha value is -6.56. The topological polar surface area (TPSA) is 35.6 Å². The van der Waals surface area contributed by atoms with Crippen molar-refractivity contribution in [3.05, 3.63) is 170 Å². The molecule has 51 heavy (non-hydrogen) atoms. The van der Waals surface area contributed by atoms with Crippen molar-refractivity contribution in [2.75, 3.05) is 0 Å². The number of nitrogens with zero attached hydrogens (tertiary/aromatic N) is 4. The summed E-state index contributed by atoms with van der Waals surface area (Å²) in [7, 11) is 0. The maximum absolute atomic E-state index is 5.30. The van der Waals surface area contributed by atoms with Crippen molar-refractivity contribution in [2.45, 2.75) is 0 Å². The van der Waals surface area contributed by atoms with Gasteiger partial charge in [-0.2, -0.15) is 0 Å². The van der Waals surface area contributed by atoms with Crippen LogP contribution in [-0.4, -0.2) is 19.1 Å². The van der Waals surface area contributed by atoms with Crippen molar-refractivity contribution in [3.63, 3.8) is 0 Å². The first kappa shape index (κ1) is 28.3. The first-order valence-electron chi connectivity index (χ1n) is 17.2. The molecule has 0 atom stereocenters. The van der Waals surface area contributed by atoms with Gasteiger partial charge in [0.05, 0.1) is 32.5 Å². The van der Waals surface area contributed by atoms with Gasteiger partial charge in [0.25, 0.3) is 0 Å². The average molecular weight is 669 g/mol. The first-order valence-corrected chi connectivity index (χ1v) is 18.0. The molecule has 0 radical (unpaired) electrons. The standard InChI is InChI=1S/C46H28N4S/c1-4-14-29(15-5-1)38-27-43(48-46(47-38)30-16-6-2-7-17-30)50-40-23-13-10-20-32(40)34-24-25-35-37-26-36-33-21-11-12-22-39(33)49(31-18-8-3-9-19-31)41(36)28-42(37)51-45(35)44(34)50/h1-28H. The first-order chi connectivity index (χ1) is 25.3. The van der Waals surface area contributed by atoms with Crippen LogP contribution in [0, 0.1) is 0 Å². The molecule has 0 aliphatic carbocycles. The van der Waals surface area contributed by atoms with Crippen LogP contribution in [0.5, 0.6) is 0 Å². The van der Waals surface area contributed by atoms with E-state index >= 15 is 0 Å². The number of benzene rings is 7. The summed E-state index contributed by atoms with van der Waals surface area (Å²) in [5.41, 5.74) is 8.84. The van der Waals surface area contributed by atoms with Crippen LogP contribution >= 0.6 is 11.3 Å². The summed E-state index contributed by atoms with van der Waals surface area (Å²) < 4.78 is 7.28. The van der Waals surface area contributed by atoms with E-state index in [1.807, 2.05) is 35.6 Å². The fourth-order valence-corrected chi connectivity index (χ4v) is 9.11. The second kappa shape index (κ2) is 11.0. The second-order valence-electron chi connectivity index (χ2n) is 13.0. The number of aromatic nitrogens is 4. The van der Waals surface area contributed by atoms with Crippen molar-refractivity contribution in [1.82, 2.24) is 19.1 Å². The average Bonchev–Trinajstić information content (AvgIpc) is 3.85. The number of para-hydroxylation sites is 3. The molecule has 4 aromatic heterocycles. The van der Waals surface area contributed by atoms with E-state index in [0.29, 0.717) is 5.82 Å². The Kier molecular flexibility index (Phi) is 6.09. The van der Waals surface area contributed by atoms with Crippen LogP contribution in [0.3, 0.4) is 0 Å². The fraction of sp³-hybridized carbons (Fsp3) is 0. The number of rotatable bonds is 4. The zero-order valence-electron chi connectivity index (χ0n) is 27.4. The molecule has 11 rings (SSSR count). The lowest BCUT2D eigenvalue weighted by atomic mass is 10.1. The summed E-state index contributed by atoms with van der Waals surface area (Å²) in [6, 6.07) is 60.4. The van der Waals surface area contributed by atoms with Crippen LogP contribution in [0.1, 0.15) is 0 Å². The molecule has 238 valence electrons. The van der Waals surface area contributed by atoms with Crippen LogP contribution < -0.4 is 0 Å². The second-order valence-corrected chi connectivity index (χ2v) is 14.1. The highest BCUT2D eigenvalue weighted by Crippen LogP contribution is 2.45. The van der Waals surface area contributed by atoms with Crippen molar-refractivity contribution in [1.29, 1.82) is 0 Å². The molecule has 0 saturated carbocycles. The summed E-state index contributed by atoms with van der Waals surface area (Å²) in [5, 5.41) is 7.48. The Balaban J connectivity index is 1.25.